The van der Waals surface area contributed by atoms with Crippen molar-refractivity contribution in [2.24, 2.45) is 5.41 Å². The van der Waals surface area contributed by atoms with E-state index in [1.165, 1.54) is 4.40 Å². The van der Waals surface area contributed by atoms with E-state index in [2.05, 4.69) is 10.6 Å². The maximum absolute atomic E-state index is 13.3. The maximum atomic E-state index is 13.3. The number of nitrogens with zero attached hydrogens (tertiary/aromatic N) is 3. The number of carbonyl (C=O) groups excluding carboxylic acids is 3. The first-order valence-electron chi connectivity index (χ1n) is 9.38. The third-order valence-corrected chi connectivity index (χ3v) is 6.18. The quantitative estimate of drug-likeness (QED) is 0.634. The zero-order chi connectivity index (χ0) is 19.6. The molecule has 1 spiro atoms. The molecule has 2 aromatic rings. The second-order valence-corrected chi connectivity index (χ2v) is 7.69. The van der Waals surface area contributed by atoms with Gasteiger partial charge in [0, 0.05) is 19.2 Å². The molecule has 3 aliphatic rings. The van der Waals surface area contributed by atoms with E-state index in [4.69, 9.17) is 4.98 Å². The number of pyridine rings is 1. The Labute approximate surface area is 159 Å². The zero-order valence-electron chi connectivity index (χ0n) is 15.3. The van der Waals surface area contributed by atoms with Crippen LogP contribution in [0.4, 0.5) is 10.6 Å². The number of anilines is 1. The first-order valence-corrected chi connectivity index (χ1v) is 9.38. The number of imide groups is 2. The van der Waals surface area contributed by atoms with E-state index in [1.54, 1.807) is 12.3 Å². The van der Waals surface area contributed by atoms with E-state index in [9.17, 15) is 19.2 Å². The Morgan fingerprint density at radius 2 is 1.89 bits per heavy atom. The van der Waals surface area contributed by atoms with Gasteiger partial charge in [-0.25, -0.2) is 9.78 Å². The fraction of sp³-hybridized carbons (Fsp3) is 0.421. The molecule has 28 heavy (non-hydrogen) atoms. The number of nitrogens with one attached hydrogen (secondary N) is 2. The molecule has 3 aliphatic heterocycles. The van der Waals surface area contributed by atoms with Crippen molar-refractivity contribution in [2.75, 3.05) is 11.4 Å². The molecule has 9 heteroatoms. The number of urea groups is 1. The van der Waals surface area contributed by atoms with Crippen LogP contribution in [0.2, 0.25) is 0 Å². The van der Waals surface area contributed by atoms with Crippen molar-refractivity contribution in [1.29, 1.82) is 0 Å². The highest BCUT2D eigenvalue weighted by Gasteiger charge is 2.60. The molecule has 2 aromatic heterocycles. The minimum absolute atomic E-state index is 0.0723. The van der Waals surface area contributed by atoms with Crippen molar-refractivity contribution in [3.63, 3.8) is 0 Å². The molecule has 2 fully saturated rings. The van der Waals surface area contributed by atoms with Gasteiger partial charge in [0.2, 0.25) is 11.8 Å². The lowest BCUT2D eigenvalue weighted by molar-refractivity contribution is -0.146. The standard InChI is InChI=1S/C19H19N5O4/c1-10-5-4-8-24-13(10)20-14-11(15(24)25)9-19(12-6-2-3-7-23(12)14)16(26)21-18(28)22-17(19)27/h4-5,8,12H,2-3,6-7,9H2,1H3,(H2,21,22,26,27,28)/t12-/m1/s1. The first-order chi connectivity index (χ1) is 13.4. The Balaban J connectivity index is 1.79. The second kappa shape index (κ2) is 5.63. The Bertz CT molecular complexity index is 1100. The van der Waals surface area contributed by atoms with E-state index in [1.807, 2.05) is 17.9 Å². The minimum Gasteiger partial charge on any atom is -0.352 e. The summed E-state index contributed by atoms with van der Waals surface area (Å²) in [6.07, 6.45) is 3.92. The summed E-state index contributed by atoms with van der Waals surface area (Å²) in [5, 5.41) is 4.47. The van der Waals surface area contributed by atoms with Crippen molar-refractivity contribution < 1.29 is 14.4 Å². The van der Waals surface area contributed by atoms with Crippen LogP contribution in [-0.2, 0) is 16.0 Å². The molecular weight excluding hydrogens is 362 g/mol. The van der Waals surface area contributed by atoms with Crippen molar-refractivity contribution in [1.82, 2.24) is 20.0 Å². The van der Waals surface area contributed by atoms with Crippen LogP contribution >= 0.6 is 0 Å². The molecule has 0 unspecified atom stereocenters. The third-order valence-electron chi connectivity index (χ3n) is 6.18. The number of aromatic nitrogens is 2. The van der Waals surface area contributed by atoms with Gasteiger partial charge in [-0.2, -0.15) is 0 Å². The van der Waals surface area contributed by atoms with Crippen LogP contribution in [0.3, 0.4) is 0 Å². The molecule has 5 heterocycles. The normalized spacial score (nSPS) is 23.2. The molecule has 9 nitrogen and oxygen atoms in total. The van der Waals surface area contributed by atoms with Crippen molar-refractivity contribution in [2.45, 2.75) is 38.6 Å². The topological polar surface area (TPSA) is 113 Å². The first kappa shape index (κ1) is 16.9. The van der Waals surface area contributed by atoms with Crippen molar-refractivity contribution in [3.05, 3.63) is 39.8 Å². The van der Waals surface area contributed by atoms with Gasteiger partial charge in [-0.05, 0) is 37.8 Å². The Morgan fingerprint density at radius 1 is 1.14 bits per heavy atom. The number of carbonyl (C=O) groups is 3. The monoisotopic (exact) mass is 381 g/mol. The van der Waals surface area contributed by atoms with Crippen LogP contribution in [0.1, 0.15) is 30.4 Å². The van der Waals surface area contributed by atoms with Crippen LogP contribution in [0.25, 0.3) is 5.65 Å². The predicted molar refractivity (Wildman–Crippen MR) is 99.0 cm³/mol. The summed E-state index contributed by atoms with van der Waals surface area (Å²) < 4.78 is 1.45. The largest absolute Gasteiger partial charge is 0.352 e. The second-order valence-electron chi connectivity index (χ2n) is 7.69. The van der Waals surface area contributed by atoms with Crippen LogP contribution in [0.5, 0.6) is 0 Å². The Kier molecular flexibility index (Phi) is 3.40. The fourth-order valence-corrected chi connectivity index (χ4v) is 4.84. The molecule has 144 valence electrons. The van der Waals surface area contributed by atoms with Crippen molar-refractivity contribution in [3.8, 4) is 0 Å². The molecule has 5 rings (SSSR count). The van der Waals surface area contributed by atoms with E-state index in [-0.39, 0.29) is 12.0 Å². The molecule has 0 radical (unpaired) electrons. The molecule has 0 bridgehead atoms. The average molecular weight is 381 g/mol. The van der Waals surface area contributed by atoms with Crippen LogP contribution < -0.4 is 21.1 Å². The molecule has 2 saturated heterocycles. The smallest absolute Gasteiger partial charge is 0.328 e. The molecule has 4 amide bonds. The highest BCUT2D eigenvalue weighted by molar-refractivity contribution is 6.20. The summed E-state index contributed by atoms with van der Waals surface area (Å²) in [5.41, 5.74) is -0.0278. The number of amides is 4. The van der Waals surface area contributed by atoms with Gasteiger partial charge in [-0.1, -0.05) is 6.07 Å². The van der Waals surface area contributed by atoms with Gasteiger partial charge in [0.25, 0.3) is 5.56 Å². The Hall–Kier alpha value is -3.23. The van der Waals surface area contributed by atoms with E-state index < -0.39 is 29.3 Å². The zero-order valence-corrected chi connectivity index (χ0v) is 15.3. The highest BCUT2D eigenvalue weighted by atomic mass is 16.2. The fourth-order valence-electron chi connectivity index (χ4n) is 4.84. The summed E-state index contributed by atoms with van der Waals surface area (Å²) in [7, 11) is 0. The van der Waals surface area contributed by atoms with Crippen molar-refractivity contribution >= 4 is 29.3 Å². The van der Waals surface area contributed by atoms with Gasteiger partial charge in [-0.15, -0.1) is 0 Å². The van der Waals surface area contributed by atoms with E-state index in [0.29, 0.717) is 30.0 Å². The molecule has 1 atom stereocenters. The van der Waals surface area contributed by atoms with Crippen LogP contribution in [0, 0.1) is 12.3 Å². The number of fused-ring (bicyclic) bond motifs is 5. The number of barbiturate groups is 1. The lowest BCUT2D eigenvalue weighted by atomic mass is 9.67. The number of piperidine rings is 1. The Morgan fingerprint density at radius 3 is 2.64 bits per heavy atom. The van der Waals surface area contributed by atoms with Crippen LogP contribution in [-0.4, -0.2) is 39.8 Å². The van der Waals surface area contributed by atoms with Gasteiger partial charge in [0.1, 0.15) is 11.5 Å². The van der Waals surface area contributed by atoms with Gasteiger partial charge < -0.3 is 4.90 Å². The summed E-state index contributed by atoms with van der Waals surface area (Å²) in [4.78, 5) is 57.5. The number of rotatable bonds is 0. The minimum atomic E-state index is -1.51. The number of hydrogen-bond donors (Lipinski definition) is 2. The predicted octanol–water partition coefficient (Wildman–Crippen LogP) is 0.270. The molecule has 0 aromatic carbocycles. The van der Waals surface area contributed by atoms with Gasteiger partial charge in [-0.3, -0.25) is 29.4 Å². The molecule has 0 aliphatic carbocycles. The summed E-state index contributed by atoms with van der Waals surface area (Å²) >= 11 is 0. The highest BCUT2D eigenvalue weighted by Crippen LogP contribution is 2.44. The average Bonchev–Trinajstić information content (AvgIpc) is 2.67. The lowest BCUT2D eigenvalue weighted by Crippen LogP contribution is -2.72. The third kappa shape index (κ3) is 2.04. The van der Waals surface area contributed by atoms with Gasteiger partial charge in [0.05, 0.1) is 11.6 Å². The molecule has 2 N–H and O–H groups in total. The SMILES string of the molecule is Cc1cccn2c(=O)c3c(nc12)N1CCCC[C@@H]1C1(C3)C(=O)NC(=O)NC1=O. The van der Waals surface area contributed by atoms with Gasteiger partial charge >= 0.3 is 6.03 Å². The van der Waals surface area contributed by atoms with E-state index >= 15 is 0 Å². The summed E-state index contributed by atoms with van der Waals surface area (Å²) in [5.74, 6) is -0.734. The summed E-state index contributed by atoms with van der Waals surface area (Å²) in [6.45, 7) is 2.49. The summed E-state index contributed by atoms with van der Waals surface area (Å²) in [6, 6.07) is 2.39. The lowest BCUT2D eigenvalue weighted by Gasteiger charge is -2.51. The van der Waals surface area contributed by atoms with Crippen LogP contribution in [0.15, 0.2) is 23.1 Å². The number of hydrogen-bond acceptors (Lipinski definition) is 6. The van der Waals surface area contributed by atoms with E-state index in [0.717, 1.165) is 18.4 Å². The molecule has 0 saturated carbocycles. The molecular formula is C19H19N5O4. The number of aryl methyl sites for hydroxylation is 1. The maximum Gasteiger partial charge on any atom is 0.328 e. The van der Waals surface area contributed by atoms with Gasteiger partial charge in [0.15, 0.2) is 5.41 Å².